The molecule has 0 unspecified atom stereocenters. The molecule has 0 saturated heterocycles. The molecule has 2 aromatic rings. The second-order valence-corrected chi connectivity index (χ2v) is 8.30. The van der Waals surface area contributed by atoms with Crippen LogP contribution in [0.1, 0.15) is 35.8 Å². The van der Waals surface area contributed by atoms with E-state index in [1.54, 1.807) is 31.7 Å². The van der Waals surface area contributed by atoms with E-state index in [0.29, 0.717) is 16.9 Å². The van der Waals surface area contributed by atoms with E-state index in [1.165, 1.54) is 18.2 Å². The number of benzene rings is 1. The first kappa shape index (κ1) is 20.9. The molecule has 28 heavy (non-hydrogen) atoms. The van der Waals surface area contributed by atoms with E-state index in [-0.39, 0.29) is 29.4 Å². The molecule has 10 heteroatoms. The fourth-order valence-corrected chi connectivity index (χ4v) is 4.28. The van der Waals surface area contributed by atoms with Gasteiger partial charge in [-0.3, -0.25) is 4.79 Å². The van der Waals surface area contributed by atoms with Crippen molar-refractivity contribution in [3.05, 3.63) is 46.5 Å². The van der Waals surface area contributed by atoms with Gasteiger partial charge in [-0.15, -0.1) is 0 Å². The number of halogens is 4. The number of rotatable bonds is 6. The van der Waals surface area contributed by atoms with Crippen molar-refractivity contribution < 1.29 is 18.0 Å². The average Bonchev–Trinajstić information content (AvgIpc) is 2.83. The topological polar surface area (TPSA) is 58.1 Å². The number of anilines is 2. The monoisotopic (exact) mass is 432 g/mol. The van der Waals surface area contributed by atoms with Crippen LogP contribution >= 0.6 is 23.7 Å². The van der Waals surface area contributed by atoms with Gasteiger partial charge in [0, 0.05) is 49.4 Å². The first-order valence-electron chi connectivity index (χ1n) is 8.49. The van der Waals surface area contributed by atoms with Gasteiger partial charge in [-0.25, -0.2) is 17.9 Å². The maximum Gasteiger partial charge on any atom is 0.273 e. The predicted octanol–water partition coefficient (Wildman–Crippen LogP) is 5.13. The molecule has 0 atom stereocenters. The van der Waals surface area contributed by atoms with Crippen LogP contribution in [-0.2, 0) is 7.05 Å². The molecule has 1 fully saturated rings. The van der Waals surface area contributed by atoms with Crippen LogP contribution in [0, 0.1) is 12.7 Å². The van der Waals surface area contributed by atoms with Gasteiger partial charge in [-0.1, -0.05) is 11.6 Å². The van der Waals surface area contributed by atoms with Gasteiger partial charge < -0.3 is 14.6 Å². The van der Waals surface area contributed by atoms with E-state index in [1.807, 2.05) is 0 Å². The van der Waals surface area contributed by atoms with Crippen LogP contribution in [0.2, 0.25) is 5.02 Å². The lowest BCUT2D eigenvalue weighted by molar-refractivity contribution is -0.120. The Bertz CT molecular complexity index is 910. The standard InChI is InChI=1S/C18H20ClF3N4OS/c1-10-6-11(4-5-12(10)20)23-16(27)15-14(19)13(7-26(15)3)24-28-25-17(2)8-18(21,22)9-17/h4-7,24-25H,8-9H2,1-3H3,(H,23,27). The summed E-state index contributed by atoms with van der Waals surface area (Å²) >= 11 is 7.37. The molecule has 0 aliphatic heterocycles. The summed E-state index contributed by atoms with van der Waals surface area (Å²) < 4.78 is 46.9. The third-order valence-corrected chi connectivity index (χ3v) is 5.81. The lowest BCUT2D eigenvalue weighted by Gasteiger charge is -2.44. The highest BCUT2D eigenvalue weighted by molar-refractivity contribution is 7.98. The van der Waals surface area contributed by atoms with Crippen molar-refractivity contribution >= 4 is 41.0 Å². The van der Waals surface area contributed by atoms with Crippen LogP contribution in [-0.4, -0.2) is 21.9 Å². The summed E-state index contributed by atoms with van der Waals surface area (Å²) in [6, 6.07) is 4.26. The van der Waals surface area contributed by atoms with Crippen molar-refractivity contribution in [3.63, 3.8) is 0 Å². The first-order valence-corrected chi connectivity index (χ1v) is 9.68. The van der Waals surface area contributed by atoms with Crippen LogP contribution < -0.4 is 14.8 Å². The molecule has 1 amide bonds. The number of carbonyl (C=O) groups excluding carboxylic acids is 1. The number of nitrogens with one attached hydrogen (secondary N) is 3. The number of nitrogens with zero attached hydrogens (tertiary/aromatic N) is 1. The van der Waals surface area contributed by atoms with Gasteiger partial charge in [0.05, 0.1) is 10.7 Å². The molecule has 3 rings (SSSR count). The van der Waals surface area contributed by atoms with Gasteiger partial charge in [-0.2, -0.15) is 0 Å². The number of alkyl halides is 2. The smallest absolute Gasteiger partial charge is 0.273 e. The van der Waals surface area contributed by atoms with Gasteiger partial charge in [0.2, 0.25) is 0 Å². The fraction of sp³-hybridized carbons (Fsp3) is 0.389. The maximum absolute atomic E-state index is 13.4. The van der Waals surface area contributed by atoms with Crippen LogP contribution in [0.25, 0.3) is 0 Å². The first-order chi connectivity index (χ1) is 13.0. The summed E-state index contributed by atoms with van der Waals surface area (Å²) in [5, 5.41) is 2.88. The highest BCUT2D eigenvalue weighted by Gasteiger charge is 2.53. The Balaban J connectivity index is 1.64. The quantitative estimate of drug-likeness (QED) is 0.554. The SMILES string of the molecule is Cc1cc(NC(=O)c2c(Cl)c(NSNC3(C)CC(F)(F)C3)cn2C)ccc1F. The van der Waals surface area contributed by atoms with Crippen LogP contribution in [0.4, 0.5) is 24.5 Å². The number of aromatic nitrogens is 1. The van der Waals surface area contributed by atoms with E-state index >= 15 is 0 Å². The molecule has 3 N–H and O–H groups in total. The summed E-state index contributed by atoms with van der Waals surface area (Å²) in [6.07, 6.45) is 1.16. The maximum atomic E-state index is 13.4. The molecule has 0 bridgehead atoms. The van der Waals surface area contributed by atoms with Crippen molar-refractivity contribution in [3.8, 4) is 0 Å². The molecule has 1 heterocycles. The fourth-order valence-electron chi connectivity index (χ4n) is 3.21. The molecule has 1 aliphatic rings. The number of aryl methyl sites for hydroxylation is 2. The molecular weight excluding hydrogens is 413 g/mol. The van der Waals surface area contributed by atoms with Gasteiger partial charge in [-0.05, 0) is 37.6 Å². The van der Waals surface area contributed by atoms with Crippen molar-refractivity contribution in [2.75, 3.05) is 10.0 Å². The van der Waals surface area contributed by atoms with Crippen molar-refractivity contribution in [1.82, 2.24) is 9.29 Å². The third-order valence-electron chi connectivity index (χ3n) is 4.51. The molecule has 5 nitrogen and oxygen atoms in total. The van der Waals surface area contributed by atoms with Crippen LogP contribution in [0.15, 0.2) is 24.4 Å². The molecular formula is C18H20ClF3N4OS. The van der Waals surface area contributed by atoms with Gasteiger partial charge in [0.1, 0.15) is 11.5 Å². The Kier molecular flexibility index (Phi) is 5.62. The Morgan fingerprint density at radius 3 is 2.61 bits per heavy atom. The third kappa shape index (κ3) is 4.42. The van der Waals surface area contributed by atoms with Crippen molar-refractivity contribution in [1.29, 1.82) is 0 Å². The zero-order chi connectivity index (χ0) is 20.7. The van der Waals surface area contributed by atoms with Gasteiger partial charge in [0.25, 0.3) is 11.8 Å². The number of amides is 1. The summed E-state index contributed by atoms with van der Waals surface area (Å²) in [5.74, 6) is -3.43. The van der Waals surface area contributed by atoms with Crippen LogP contribution in [0.5, 0.6) is 0 Å². The Labute approximate surface area is 170 Å². The molecule has 0 radical (unpaired) electrons. The molecule has 0 spiro atoms. The summed E-state index contributed by atoms with van der Waals surface area (Å²) in [4.78, 5) is 12.6. The minimum absolute atomic E-state index is 0.192. The van der Waals surface area contributed by atoms with E-state index < -0.39 is 17.4 Å². The summed E-state index contributed by atoms with van der Waals surface area (Å²) in [7, 11) is 1.66. The van der Waals surface area contributed by atoms with E-state index in [0.717, 1.165) is 12.1 Å². The molecule has 1 saturated carbocycles. The summed E-state index contributed by atoms with van der Waals surface area (Å²) in [6.45, 7) is 3.32. The van der Waals surface area contributed by atoms with Gasteiger partial charge in [0.15, 0.2) is 0 Å². The molecule has 152 valence electrons. The highest BCUT2D eigenvalue weighted by Crippen LogP contribution is 2.46. The lowest BCUT2D eigenvalue weighted by atomic mass is 9.76. The normalized spacial score (nSPS) is 17.1. The largest absolute Gasteiger partial charge is 0.343 e. The average molecular weight is 433 g/mol. The van der Waals surface area contributed by atoms with Crippen molar-refractivity contribution in [2.24, 2.45) is 7.05 Å². The number of hydrogen-bond donors (Lipinski definition) is 3. The molecule has 1 aromatic heterocycles. The second kappa shape index (κ2) is 7.53. The van der Waals surface area contributed by atoms with E-state index in [9.17, 15) is 18.0 Å². The number of carbonyl (C=O) groups is 1. The minimum Gasteiger partial charge on any atom is -0.343 e. The predicted molar refractivity (Wildman–Crippen MR) is 106 cm³/mol. The zero-order valence-corrected chi connectivity index (χ0v) is 17.1. The Morgan fingerprint density at radius 2 is 2.00 bits per heavy atom. The zero-order valence-electron chi connectivity index (χ0n) is 15.5. The summed E-state index contributed by atoms with van der Waals surface area (Å²) in [5.41, 5.74) is 0.884. The lowest BCUT2D eigenvalue weighted by Crippen LogP contribution is -2.56. The number of hydrogen-bond acceptors (Lipinski definition) is 4. The van der Waals surface area contributed by atoms with E-state index in [4.69, 9.17) is 11.6 Å². The van der Waals surface area contributed by atoms with Gasteiger partial charge >= 0.3 is 0 Å². The second-order valence-electron chi connectivity index (χ2n) is 7.31. The Morgan fingerprint density at radius 1 is 1.32 bits per heavy atom. The Hall–Kier alpha value is -1.84. The van der Waals surface area contributed by atoms with Crippen molar-refractivity contribution in [2.45, 2.75) is 38.2 Å². The van der Waals surface area contributed by atoms with E-state index in [2.05, 4.69) is 14.8 Å². The molecule has 1 aliphatic carbocycles. The molecule has 1 aromatic carbocycles. The minimum atomic E-state index is -2.63. The van der Waals surface area contributed by atoms with Crippen LogP contribution in [0.3, 0.4) is 0 Å². The highest BCUT2D eigenvalue weighted by atomic mass is 35.5.